The molecule has 0 saturated carbocycles. The van der Waals surface area contributed by atoms with Crippen LogP contribution in [-0.4, -0.2) is 37.4 Å². The van der Waals surface area contributed by atoms with Crippen LogP contribution in [0.1, 0.15) is 20.8 Å². The van der Waals surface area contributed by atoms with Crippen molar-refractivity contribution >= 4 is 17.7 Å². The van der Waals surface area contributed by atoms with E-state index in [0.29, 0.717) is 0 Å². The zero-order valence-electron chi connectivity index (χ0n) is 13.1. The maximum absolute atomic E-state index is 13.0. The second-order valence-electron chi connectivity index (χ2n) is 5.61. The number of ether oxygens (including phenoxy) is 2. The number of methoxy groups -OCH3 is 1. The molecule has 1 unspecified atom stereocenters. The van der Waals surface area contributed by atoms with Gasteiger partial charge in [-0.25, -0.2) is 14.0 Å². The van der Waals surface area contributed by atoms with Gasteiger partial charge in [-0.15, -0.1) is 0 Å². The molecule has 0 fully saturated rings. The van der Waals surface area contributed by atoms with Gasteiger partial charge in [0.05, 0.1) is 19.3 Å². The monoisotopic (exact) mass is 312 g/mol. The Kier molecular flexibility index (Phi) is 6.30. The minimum Gasteiger partial charge on any atom is -0.467 e. The first kappa shape index (κ1) is 17.9. The number of amides is 2. The SMILES string of the molecule is COC(=O)C(COC(C)(C)C)NC(=O)Nc1cccc(F)c1. The van der Waals surface area contributed by atoms with Crippen LogP contribution in [0.2, 0.25) is 0 Å². The zero-order chi connectivity index (χ0) is 16.8. The molecule has 2 N–H and O–H groups in total. The van der Waals surface area contributed by atoms with Gasteiger partial charge < -0.3 is 20.1 Å². The van der Waals surface area contributed by atoms with Gasteiger partial charge in [-0.3, -0.25) is 0 Å². The first-order valence-corrected chi connectivity index (χ1v) is 6.76. The predicted molar refractivity (Wildman–Crippen MR) is 80.1 cm³/mol. The molecule has 0 radical (unpaired) electrons. The van der Waals surface area contributed by atoms with E-state index < -0.39 is 29.5 Å². The third-order valence-electron chi connectivity index (χ3n) is 2.56. The van der Waals surface area contributed by atoms with E-state index in [1.807, 2.05) is 20.8 Å². The number of hydrogen-bond acceptors (Lipinski definition) is 4. The Bertz CT molecular complexity index is 529. The Morgan fingerprint density at radius 3 is 2.55 bits per heavy atom. The summed E-state index contributed by atoms with van der Waals surface area (Å²) >= 11 is 0. The third-order valence-corrected chi connectivity index (χ3v) is 2.56. The molecule has 6 nitrogen and oxygen atoms in total. The maximum Gasteiger partial charge on any atom is 0.330 e. The van der Waals surface area contributed by atoms with Crippen LogP contribution < -0.4 is 10.6 Å². The molecule has 0 aromatic heterocycles. The van der Waals surface area contributed by atoms with Gasteiger partial charge in [-0.1, -0.05) is 6.07 Å². The van der Waals surface area contributed by atoms with Gasteiger partial charge in [0, 0.05) is 5.69 Å². The molecule has 122 valence electrons. The first-order chi connectivity index (χ1) is 10.2. The lowest BCUT2D eigenvalue weighted by Crippen LogP contribution is -2.47. The summed E-state index contributed by atoms with van der Waals surface area (Å²) < 4.78 is 23.2. The van der Waals surface area contributed by atoms with Gasteiger partial charge >= 0.3 is 12.0 Å². The number of urea groups is 1. The van der Waals surface area contributed by atoms with Gasteiger partial charge in [0.2, 0.25) is 0 Å². The van der Waals surface area contributed by atoms with Crippen LogP contribution in [0, 0.1) is 5.82 Å². The molecule has 0 aliphatic carbocycles. The smallest absolute Gasteiger partial charge is 0.330 e. The Hall–Kier alpha value is -2.15. The quantitative estimate of drug-likeness (QED) is 0.818. The van der Waals surface area contributed by atoms with E-state index in [9.17, 15) is 14.0 Å². The number of esters is 1. The number of hydrogen-bond donors (Lipinski definition) is 2. The van der Waals surface area contributed by atoms with Crippen LogP contribution in [0.5, 0.6) is 0 Å². The van der Waals surface area contributed by atoms with E-state index in [1.165, 1.54) is 31.4 Å². The van der Waals surface area contributed by atoms with Gasteiger partial charge in [-0.05, 0) is 39.0 Å². The van der Waals surface area contributed by atoms with Crippen molar-refractivity contribution in [3.05, 3.63) is 30.1 Å². The highest BCUT2D eigenvalue weighted by Crippen LogP contribution is 2.10. The van der Waals surface area contributed by atoms with Crippen molar-refractivity contribution in [2.45, 2.75) is 32.4 Å². The highest BCUT2D eigenvalue weighted by atomic mass is 19.1. The van der Waals surface area contributed by atoms with E-state index in [-0.39, 0.29) is 12.3 Å². The molecule has 0 aliphatic heterocycles. The molecule has 1 atom stereocenters. The normalized spacial score (nSPS) is 12.4. The first-order valence-electron chi connectivity index (χ1n) is 6.76. The highest BCUT2D eigenvalue weighted by molar-refractivity contribution is 5.92. The fourth-order valence-electron chi connectivity index (χ4n) is 1.54. The Morgan fingerprint density at radius 2 is 2.00 bits per heavy atom. The van der Waals surface area contributed by atoms with Crippen molar-refractivity contribution < 1.29 is 23.5 Å². The van der Waals surface area contributed by atoms with E-state index in [4.69, 9.17) is 4.74 Å². The molecule has 22 heavy (non-hydrogen) atoms. The molecular weight excluding hydrogens is 291 g/mol. The second kappa shape index (κ2) is 7.74. The van der Waals surface area contributed by atoms with E-state index >= 15 is 0 Å². The van der Waals surface area contributed by atoms with Crippen LogP contribution in [0.4, 0.5) is 14.9 Å². The second-order valence-corrected chi connectivity index (χ2v) is 5.61. The highest BCUT2D eigenvalue weighted by Gasteiger charge is 2.24. The van der Waals surface area contributed by atoms with Crippen molar-refractivity contribution in [1.29, 1.82) is 0 Å². The van der Waals surface area contributed by atoms with Crippen LogP contribution in [-0.2, 0) is 14.3 Å². The molecule has 0 aliphatic rings. The summed E-state index contributed by atoms with van der Waals surface area (Å²) in [6.45, 7) is 5.45. The number of rotatable bonds is 5. The van der Waals surface area contributed by atoms with Gasteiger partial charge in [0.1, 0.15) is 5.82 Å². The standard InChI is InChI=1S/C15H21FN2O4/c1-15(2,3)22-9-12(13(19)21-4)18-14(20)17-11-7-5-6-10(16)8-11/h5-8,12H,9H2,1-4H3,(H2,17,18,20). The van der Waals surface area contributed by atoms with E-state index in [2.05, 4.69) is 15.4 Å². The summed E-state index contributed by atoms with van der Waals surface area (Å²) in [5.41, 5.74) is -0.189. The number of carbonyl (C=O) groups excluding carboxylic acids is 2. The van der Waals surface area contributed by atoms with Crippen molar-refractivity contribution in [3.63, 3.8) is 0 Å². The summed E-state index contributed by atoms with van der Waals surface area (Å²) in [7, 11) is 1.22. The topological polar surface area (TPSA) is 76.7 Å². The number of carbonyl (C=O) groups is 2. The third kappa shape index (κ3) is 6.53. The Balaban J connectivity index is 2.64. The molecule has 1 aromatic rings. The lowest BCUT2D eigenvalue weighted by Gasteiger charge is -2.23. The van der Waals surface area contributed by atoms with Crippen LogP contribution in [0.15, 0.2) is 24.3 Å². The molecule has 0 spiro atoms. The van der Waals surface area contributed by atoms with Crippen molar-refractivity contribution in [3.8, 4) is 0 Å². The van der Waals surface area contributed by atoms with E-state index in [1.54, 1.807) is 0 Å². The number of halogens is 1. The lowest BCUT2D eigenvalue weighted by molar-refractivity contribution is -0.145. The van der Waals surface area contributed by atoms with Crippen molar-refractivity contribution in [1.82, 2.24) is 5.32 Å². The zero-order valence-corrected chi connectivity index (χ0v) is 13.1. The number of anilines is 1. The predicted octanol–water partition coefficient (Wildman–Crippen LogP) is 2.30. The van der Waals surface area contributed by atoms with E-state index in [0.717, 1.165) is 0 Å². The van der Waals surface area contributed by atoms with Gasteiger partial charge in [-0.2, -0.15) is 0 Å². The van der Waals surface area contributed by atoms with Gasteiger partial charge in [0.15, 0.2) is 6.04 Å². The summed E-state index contributed by atoms with van der Waals surface area (Å²) in [5, 5.41) is 4.87. The largest absolute Gasteiger partial charge is 0.467 e. The van der Waals surface area contributed by atoms with Crippen molar-refractivity contribution in [2.75, 3.05) is 19.0 Å². The molecule has 1 rings (SSSR count). The fraction of sp³-hybridized carbons (Fsp3) is 0.467. The average molecular weight is 312 g/mol. The lowest BCUT2D eigenvalue weighted by atomic mass is 10.2. The Labute approximate surface area is 129 Å². The van der Waals surface area contributed by atoms with Crippen LogP contribution >= 0.6 is 0 Å². The molecule has 0 bridgehead atoms. The number of nitrogens with one attached hydrogen (secondary N) is 2. The molecular formula is C15H21FN2O4. The maximum atomic E-state index is 13.0. The minimum absolute atomic E-state index is 0.0350. The van der Waals surface area contributed by atoms with Crippen LogP contribution in [0.25, 0.3) is 0 Å². The summed E-state index contributed by atoms with van der Waals surface area (Å²) in [4.78, 5) is 23.5. The summed E-state index contributed by atoms with van der Waals surface area (Å²) in [5.74, 6) is -1.10. The molecule has 1 aromatic carbocycles. The molecule has 2 amide bonds. The van der Waals surface area contributed by atoms with Crippen LogP contribution in [0.3, 0.4) is 0 Å². The summed E-state index contributed by atoms with van der Waals surface area (Å²) in [6, 6.07) is 3.80. The molecule has 0 saturated heterocycles. The molecule has 0 heterocycles. The summed E-state index contributed by atoms with van der Waals surface area (Å²) in [6.07, 6.45) is 0. The van der Waals surface area contributed by atoms with Crippen molar-refractivity contribution in [2.24, 2.45) is 0 Å². The number of benzene rings is 1. The van der Waals surface area contributed by atoms with Gasteiger partial charge in [0.25, 0.3) is 0 Å². The minimum atomic E-state index is -0.960. The Morgan fingerprint density at radius 1 is 1.32 bits per heavy atom. The molecule has 7 heteroatoms. The fourth-order valence-corrected chi connectivity index (χ4v) is 1.54. The average Bonchev–Trinajstić information content (AvgIpc) is 2.41.